The highest BCUT2D eigenvalue weighted by Crippen LogP contribution is 2.27. The van der Waals surface area contributed by atoms with Gasteiger partial charge in [0, 0.05) is 12.1 Å². The Labute approximate surface area is 143 Å². The largest absolute Gasteiger partial charge is 0.366 e. The fraction of sp³-hybridized carbons (Fsp3) is 0.533. The molecular weight excluding hydrogens is 338 g/mol. The molecule has 0 unspecified atom stereocenters. The van der Waals surface area contributed by atoms with Gasteiger partial charge >= 0.3 is 0 Å². The van der Waals surface area contributed by atoms with Gasteiger partial charge in [-0.2, -0.15) is 0 Å². The number of primary amides is 1. The first-order valence-corrected chi connectivity index (χ1v) is 8.83. The fourth-order valence-electron chi connectivity index (χ4n) is 2.59. The second kappa shape index (κ2) is 7.61. The summed E-state index contributed by atoms with van der Waals surface area (Å²) in [6.45, 7) is 5.99. The summed E-state index contributed by atoms with van der Waals surface area (Å²) in [5.74, 6) is -0.625. The van der Waals surface area contributed by atoms with E-state index in [2.05, 4.69) is 17.0 Å². The normalized spacial score (nSPS) is 17.3. The molecule has 0 aromatic heterocycles. The highest BCUT2D eigenvalue weighted by Gasteiger charge is 2.29. The third kappa shape index (κ3) is 4.91. The lowest BCUT2D eigenvalue weighted by Crippen LogP contribution is -2.42. The van der Waals surface area contributed by atoms with Crippen LogP contribution in [-0.2, 0) is 10.0 Å². The Morgan fingerprint density at radius 2 is 1.96 bits per heavy atom. The number of carbonyl (C=O) groups excluding carboxylic acids is 1. The van der Waals surface area contributed by atoms with E-state index in [1.807, 2.05) is 0 Å². The Kier molecular flexibility index (Phi) is 6.59. The number of sulfonamides is 1. The van der Waals surface area contributed by atoms with Crippen LogP contribution in [0.15, 0.2) is 23.1 Å². The third-order valence-corrected chi connectivity index (χ3v) is 5.68. The zero-order valence-corrected chi connectivity index (χ0v) is 15.0. The molecule has 1 aromatic carbocycles. The number of rotatable bonds is 5. The lowest BCUT2D eigenvalue weighted by atomic mass is 9.81. The molecule has 0 spiro atoms. The maximum Gasteiger partial charge on any atom is 0.249 e. The minimum atomic E-state index is -3.65. The van der Waals surface area contributed by atoms with E-state index in [4.69, 9.17) is 5.73 Å². The molecule has 0 aliphatic carbocycles. The van der Waals surface area contributed by atoms with Crippen LogP contribution in [0.25, 0.3) is 0 Å². The van der Waals surface area contributed by atoms with E-state index in [0.29, 0.717) is 12.1 Å². The van der Waals surface area contributed by atoms with Crippen molar-refractivity contribution in [3.63, 3.8) is 0 Å². The zero-order chi connectivity index (χ0) is 16.4. The van der Waals surface area contributed by atoms with Crippen molar-refractivity contribution in [1.29, 1.82) is 0 Å². The van der Waals surface area contributed by atoms with Gasteiger partial charge in [0.05, 0.1) is 4.90 Å². The van der Waals surface area contributed by atoms with Crippen LogP contribution in [-0.4, -0.2) is 34.0 Å². The SMILES string of the molecule is Cc1ccc(S(=O)(=O)NCC2(C)CCNCC2)cc1C(N)=O.Cl. The van der Waals surface area contributed by atoms with Crippen LogP contribution in [0.3, 0.4) is 0 Å². The summed E-state index contributed by atoms with van der Waals surface area (Å²) in [7, 11) is -3.65. The average Bonchev–Trinajstić information content (AvgIpc) is 2.46. The first-order chi connectivity index (χ1) is 10.2. The summed E-state index contributed by atoms with van der Waals surface area (Å²) < 4.78 is 27.5. The van der Waals surface area contributed by atoms with Gasteiger partial charge in [-0.05, 0) is 56.0 Å². The van der Waals surface area contributed by atoms with Crippen molar-refractivity contribution in [3.05, 3.63) is 29.3 Å². The maximum absolute atomic E-state index is 12.4. The molecule has 1 aromatic rings. The first-order valence-electron chi connectivity index (χ1n) is 7.34. The monoisotopic (exact) mass is 361 g/mol. The van der Waals surface area contributed by atoms with Gasteiger partial charge in [-0.1, -0.05) is 13.0 Å². The van der Waals surface area contributed by atoms with E-state index in [0.717, 1.165) is 25.9 Å². The maximum atomic E-state index is 12.4. The topological polar surface area (TPSA) is 101 Å². The highest BCUT2D eigenvalue weighted by atomic mass is 35.5. The lowest BCUT2D eigenvalue weighted by molar-refractivity contribution is 0.0999. The van der Waals surface area contributed by atoms with Crippen molar-refractivity contribution in [2.24, 2.45) is 11.1 Å². The second-order valence-electron chi connectivity index (χ2n) is 6.23. The fourth-order valence-corrected chi connectivity index (χ4v) is 3.82. The van der Waals surface area contributed by atoms with Crippen molar-refractivity contribution in [2.45, 2.75) is 31.6 Å². The van der Waals surface area contributed by atoms with Crippen molar-refractivity contribution in [2.75, 3.05) is 19.6 Å². The van der Waals surface area contributed by atoms with Crippen LogP contribution in [0, 0.1) is 12.3 Å². The molecule has 1 aliphatic heterocycles. The molecule has 23 heavy (non-hydrogen) atoms. The van der Waals surface area contributed by atoms with Crippen LogP contribution in [0.4, 0.5) is 0 Å². The standard InChI is InChI=1S/C15H23N3O3S.ClH/c1-11-3-4-12(9-13(11)14(16)19)22(20,21)18-10-15(2)5-7-17-8-6-15;/h3-4,9,17-18H,5-8,10H2,1-2H3,(H2,16,19);1H. The molecular formula is C15H24ClN3O3S. The van der Waals surface area contributed by atoms with Gasteiger partial charge < -0.3 is 11.1 Å². The molecule has 4 N–H and O–H groups in total. The number of nitrogens with one attached hydrogen (secondary N) is 2. The molecule has 1 saturated heterocycles. The van der Waals surface area contributed by atoms with Gasteiger partial charge in [0.1, 0.15) is 0 Å². The van der Waals surface area contributed by atoms with Gasteiger partial charge in [0.2, 0.25) is 15.9 Å². The summed E-state index contributed by atoms with van der Waals surface area (Å²) in [6.07, 6.45) is 1.85. The summed E-state index contributed by atoms with van der Waals surface area (Å²) in [5, 5.41) is 3.27. The lowest BCUT2D eigenvalue weighted by Gasteiger charge is -2.34. The van der Waals surface area contributed by atoms with Crippen LogP contribution < -0.4 is 15.8 Å². The summed E-state index contributed by atoms with van der Waals surface area (Å²) >= 11 is 0. The minimum Gasteiger partial charge on any atom is -0.366 e. The van der Waals surface area contributed by atoms with Gasteiger partial charge in [-0.25, -0.2) is 13.1 Å². The Hall–Kier alpha value is -1.15. The molecule has 0 saturated carbocycles. The second-order valence-corrected chi connectivity index (χ2v) is 7.99. The smallest absolute Gasteiger partial charge is 0.249 e. The Balaban J connectivity index is 0.00000264. The van der Waals surface area contributed by atoms with E-state index in [1.54, 1.807) is 13.0 Å². The van der Waals surface area contributed by atoms with E-state index in [-0.39, 0.29) is 28.3 Å². The van der Waals surface area contributed by atoms with Crippen molar-refractivity contribution in [1.82, 2.24) is 10.0 Å². The van der Waals surface area contributed by atoms with Crippen LogP contribution in [0.5, 0.6) is 0 Å². The Morgan fingerprint density at radius 1 is 1.35 bits per heavy atom. The predicted octanol–water partition coefficient (Wildman–Crippen LogP) is 1.18. The number of hydrogen-bond acceptors (Lipinski definition) is 4. The van der Waals surface area contributed by atoms with Crippen LogP contribution >= 0.6 is 12.4 Å². The number of amides is 1. The molecule has 2 rings (SSSR count). The van der Waals surface area contributed by atoms with Crippen molar-refractivity contribution in [3.8, 4) is 0 Å². The van der Waals surface area contributed by atoms with E-state index >= 15 is 0 Å². The molecule has 1 fully saturated rings. The van der Waals surface area contributed by atoms with Crippen molar-refractivity contribution >= 4 is 28.3 Å². The number of halogens is 1. The molecule has 1 aliphatic rings. The molecule has 0 radical (unpaired) electrons. The average molecular weight is 362 g/mol. The number of carbonyl (C=O) groups is 1. The predicted molar refractivity (Wildman–Crippen MR) is 92.3 cm³/mol. The number of nitrogens with two attached hydrogens (primary N) is 1. The van der Waals surface area contributed by atoms with Crippen molar-refractivity contribution < 1.29 is 13.2 Å². The van der Waals surface area contributed by atoms with E-state index in [1.165, 1.54) is 12.1 Å². The van der Waals surface area contributed by atoms with E-state index < -0.39 is 15.9 Å². The minimum absolute atomic E-state index is 0. The molecule has 0 atom stereocenters. The number of piperidine rings is 1. The summed E-state index contributed by atoms with van der Waals surface area (Å²) in [4.78, 5) is 11.4. The number of aryl methyl sites for hydroxylation is 1. The van der Waals surface area contributed by atoms with Gasteiger partial charge in [-0.15, -0.1) is 12.4 Å². The zero-order valence-electron chi connectivity index (χ0n) is 13.4. The molecule has 1 amide bonds. The van der Waals surface area contributed by atoms with E-state index in [9.17, 15) is 13.2 Å². The highest BCUT2D eigenvalue weighted by molar-refractivity contribution is 7.89. The quantitative estimate of drug-likeness (QED) is 0.733. The summed E-state index contributed by atoms with van der Waals surface area (Å²) in [5.41, 5.74) is 6.13. The van der Waals surface area contributed by atoms with Crippen LogP contribution in [0.1, 0.15) is 35.7 Å². The Bertz CT molecular complexity index is 671. The molecule has 130 valence electrons. The number of hydrogen-bond donors (Lipinski definition) is 3. The summed E-state index contributed by atoms with van der Waals surface area (Å²) in [6, 6.07) is 4.43. The van der Waals surface area contributed by atoms with Gasteiger partial charge in [-0.3, -0.25) is 4.79 Å². The van der Waals surface area contributed by atoms with Gasteiger partial charge in [0.25, 0.3) is 0 Å². The molecule has 0 bridgehead atoms. The first kappa shape index (κ1) is 19.9. The Morgan fingerprint density at radius 3 is 2.52 bits per heavy atom. The molecule has 6 nitrogen and oxygen atoms in total. The van der Waals surface area contributed by atoms with Crippen LogP contribution in [0.2, 0.25) is 0 Å². The number of benzene rings is 1. The van der Waals surface area contributed by atoms with Gasteiger partial charge in [0.15, 0.2) is 0 Å². The third-order valence-electron chi connectivity index (χ3n) is 4.28. The molecule has 1 heterocycles. The molecule has 8 heteroatoms.